The number of ether oxygens (including phenoxy) is 1. The highest BCUT2D eigenvalue weighted by Crippen LogP contribution is 2.79. The highest BCUT2D eigenvalue weighted by Gasteiger charge is 2.74. The van der Waals surface area contributed by atoms with Crippen molar-refractivity contribution in [3.63, 3.8) is 0 Å². The molecule has 5 aliphatic rings. The highest BCUT2D eigenvalue weighted by molar-refractivity contribution is 5.68. The highest BCUT2D eigenvalue weighted by atomic mass is 16.5. The van der Waals surface area contributed by atoms with Gasteiger partial charge in [-0.05, 0) is 61.2 Å². The predicted molar refractivity (Wildman–Crippen MR) is 63.4 cm³/mol. The summed E-state index contributed by atoms with van der Waals surface area (Å²) < 4.78 is 4.81. The standard InChI is InChI=1S/C14H21NO2/c1-8-11-10-3-9-4-13(6-10,15-12(16)17-2)7-14(8,11)5-9/h8-11H,3-7H2,1-2H3,(H,15,16)/t8?,9?,10?,11-,13-,14?/m0/s1. The van der Waals surface area contributed by atoms with Crippen LogP contribution in [0.15, 0.2) is 0 Å². The summed E-state index contributed by atoms with van der Waals surface area (Å²) in [4.78, 5) is 11.6. The van der Waals surface area contributed by atoms with E-state index in [9.17, 15) is 4.79 Å². The molecule has 0 aromatic carbocycles. The predicted octanol–water partition coefficient (Wildman–Crippen LogP) is 2.56. The van der Waals surface area contributed by atoms with Crippen LogP contribution in [0.3, 0.4) is 0 Å². The van der Waals surface area contributed by atoms with Gasteiger partial charge in [0.25, 0.3) is 0 Å². The molecule has 0 saturated heterocycles. The van der Waals surface area contributed by atoms with Crippen LogP contribution in [0.1, 0.15) is 39.0 Å². The van der Waals surface area contributed by atoms with E-state index >= 15 is 0 Å². The lowest BCUT2D eigenvalue weighted by molar-refractivity contribution is -0.0254. The lowest BCUT2D eigenvalue weighted by atomic mass is 9.52. The van der Waals surface area contributed by atoms with Gasteiger partial charge in [-0.15, -0.1) is 0 Å². The van der Waals surface area contributed by atoms with E-state index in [0.717, 1.165) is 23.7 Å². The molecule has 0 aromatic heterocycles. The molecule has 4 bridgehead atoms. The zero-order valence-corrected chi connectivity index (χ0v) is 10.7. The first-order chi connectivity index (χ1) is 8.08. The molecule has 5 saturated carbocycles. The number of hydrogen-bond acceptors (Lipinski definition) is 2. The molecule has 1 spiro atoms. The van der Waals surface area contributed by atoms with Gasteiger partial charge in [0.2, 0.25) is 0 Å². The van der Waals surface area contributed by atoms with E-state index in [-0.39, 0.29) is 11.6 Å². The molecular formula is C14H21NO2. The number of carbonyl (C=O) groups is 1. The molecule has 5 rings (SSSR count). The SMILES string of the molecule is COC(=O)N[C@@]12CC3CC(C1)[C@@H]1C(C)C1(C3)C2. The molecule has 3 nitrogen and oxygen atoms in total. The fourth-order valence-corrected chi connectivity index (χ4v) is 6.18. The largest absolute Gasteiger partial charge is 0.453 e. The smallest absolute Gasteiger partial charge is 0.407 e. The number of rotatable bonds is 1. The topological polar surface area (TPSA) is 38.3 Å². The minimum Gasteiger partial charge on any atom is -0.453 e. The van der Waals surface area contributed by atoms with E-state index in [2.05, 4.69) is 12.2 Å². The summed E-state index contributed by atoms with van der Waals surface area (Å²) in [5, 5.41) is 3.19. The summed E-state index contributed by atoms with van der Waals surface area (Å²) in [5.74, 6) is 3.62. The van der Waals surface area contributed by atoms with Crippen molar-refractivity contribution in [3.8, 4) is 0 Å². The average molecular weight is 235 g/mol. The van der Waals surface area contributed by atoms with E-state index in [1.807, 2.05) is 0 Å². The number of hydrogen-bond donors (Lipinski definition) is 1. The average Bonchev–Trinajstić information content (AvgIpc) is 2.81. The van der Waals surface area contributed by atoms with Gasteiger partial charge in [0.15, 0.2) is 0 Å². The molecule has 3 heteroatoms. The summed E-state index contributed by atoms with van der Waals surface area (Å²) in [6.45, 7) is 2.43. The first-order valence-corrected chi connectivity index (χ1v) is 6.95. The monoisotopic (exact) mass is 235 g/mol. The first kappa shape index (κ1) is 10.2. The molecule has 4 unspecified atom stereocenters. The first-order valence-electron chi connectivity index (χ1n) is 6.95. The van der Waals surface area contributed by atoms with E-state index in [4.69, 9.17) is 4.74 Å². The summed E-state index contributed by atoms with van der Waals surface area (Å²) in [6.07, 6.45) is 6.23. The minimum absolute atomic E-state index is 0.0835. The molecule has 0 heterocycles. The number of carbonyl (C=O) groups excluding carboxylic acids is 1. The second-order valence-electron chi connectivity index (χ2n) is 7.10. The Hall–Kier alpha value is -0.730. The van der Waals surface area contributed by atoms with E-state index < -0.39 is 0 Å². The van der Waals surface area contributed by atoms with Crippen LogP contribution in [0, 0.1) is 29.1 Å². The second-order valence-corrected chi connectivity index (χ2v) is 7.10. The molecule has 5 aliphatic carbocycles. The normalized spacial score (nSPS) is 57.5. The summed E-state index contributed by atoms with van der Waals surface area (Å²) >= 11 is 0. The number of methoxy groups -OCH3 is 1. The van der Waals surface area contributed by atoms with Crippen LogP contribution in [0.2, 0.25) is 0 Å². The second kappa shape index (κ2) is 2.81. The Kier molecular flexibility index (Phi) is 1.69. The molecule has 0 aliphatic heterocycles. The van der Waals surface area contributed by atoms with Crippen LogP contribution in [0.25, 0.3) is 0 Å². The molecule has 0 aromatic rings. The number of alkyl carbamates (subject to hydrolysis) is 1. The Morgan fingerprint density at radius 2 is 2.18 bits per heavy atom. The third-order valence-corrected chi connectivity index (χ3v) is 6.37. The molecule has 17 heavy (non-hydrogen) atoms. The number of amides is 1. The van der Waals surface area contributed by atoms with E-state index in [1.165, 1.54) is 39.2 Å². The van der Waals surface area contributed by atoms with Crippen molar-refractivity contribution in [2.75, 3.05) is 7.11 Å². The van der Waals surface area contributed by atoms with Gasteiger partial charge in [0.1, 0.15) is 0 Å². The van der Waals surface area contributed by atoms with Gasteiger partial charge >= 0.3 is 6.09 Å². The maximum Gasteiger partial charge on any atom is 0.407 e. The maximum absolute atomic E-state index is 11.6. The molecule has 1 N–H and O–H groups in total. The number of nitrogens with one attached hydrogen (secondary N) is 1. The summed E-state index contributed by atoms with van der Waals surface area (Å²) in [6, 6.07) is 0. The van der Waals surface area contributed by atoms with Gasteiger partial charge in [0, 0.05) is 5.54 Å². The van der Waals surface area contributed by atoms with Gasteiger partial charge in [-0.2, -0.15) is 0 Å². The molecule has 0 radical (unpaired) electrons. The van der Waals surface area contributed by atoms with Crippen molar-refractivity contribution < 1.29 is 9.53 Å². The van der Waals surface area contributed by atoms with Crippen LogP contribution in [0.4, 0.5) is 4.79 Å². The van der Waals surface area contributed by atoms with Gasteiger partial charge in [-0.3, -0.25) is 0 Å². The zero-order valence-electron chi connectivity index (χ0n) is 10.7. The van der Waals surface area contributed by atoms with Crippen molar-refractivity contribution in [3.05, 3.63) is 0 Å². The Labute approximate surface area is 102 Å². The Morgan fingerprint density at radius 3 is 2.88 bits per heavy atom. The fourth-order valence-electron chi connectivity index (χ4n) is 6.18. The zero-order chi connectivity index (χ0) is 11.8. The molecule has 1 amide bonds. The molecule has 94 valence electrons. The summed E-state index contributed by atoms with van der Waals surface area (Å²) in [5.41, 5.74) is 0.686. The van der Waals surface area contributed by atoms with Crippen LogP contribution < -0.4 is 5.32 Å². The van der Waals surface area contributed by atoms with Crippen molar-refractivity contribution in [1.29, 1.82) is 0 Å². The maximum atomic E-state index is 11.6. The van der Waals surface area contributed by atoms with Crippen molar-refractivity contribution in [2.45, 2.75) is 44.6 Å². The molecule has 6 atom stereocenters. The van der Waals surface area contributed by atoms with Crippen LogP contribution >= 0.6 is 0 Å². The third kappa shape index (κ3) is 1.11. The van der Waals surface area contributed by atoms with E-state index in [0.29, 0.717) is 5.41 Å². The van der Waals surface area contributed by atoms with Crippen molar-refractivity contribution in [1.82, 2.24) is 5.32 Å². The third-order valence-electron chi connectivity index (χ3n) is 6.37. The van der Waals surface area contributed by atoms with Gasteiger partial charge in [-0.25, -0.2) is 4.79 Å². The van der Waals surface area contributed by atoms with Gasteiger partial charge in [-0.1, -0.05) is 6.92 Å². The Bertz CT molecular complexity index is 396. The van der Waals surface area contributed by atoms with Crippen LogP contribution in [-0.4, -0.2) is 18.7 Å². The molecular weight excluding hydrogens is 214 g/mol. The Balaban J connectivity index is 1.65. The molecule has 5 fully saturated rings. The van der Waals surface area contributed by atoms with Gasteiger partial charge in [0.05, 0.1) is 7.11 Å². The van der Waals surface area contributed by atoms with Crippen molar-refractivity contribution >= 4 is 6.09 Å². The van der Waals surface area contributed by atoms with E-state index in [1.54, 1.807) is 0 Å². The minimum atomic E-state index is -0.229. The lowest BCUT2D eigenvalue weighted by Crippen LogP contribution is -2.60. The van der Waals surface area contributed by atoms with Gasteiger partial charge < -0.3 is 10.1 Å². The van der Waals surface area contributed by atoms with Crippen LogP contribution in [-0.2, 0) is 4.74 Å². The summed E-state index contributed by atoms with van der Waals surface area (Å²) in [7, 11) is 1.47. The van der Waals surface area contributed by atoms with Crippen molar-refractivity contribution in [2.24, 2.45) is 29.1 Å². The quantitative estimate of drug-likeness (QED) is 0.758. The fraction of sp³-hybridized carbons (Fsp3) is 0.929. The lowest BCUT2D eigenvalue weighted by Gasteiger charge is -2.56. The Morgan fingerprint density at radius 1 is 1.35 bits per heavy atom. The van der Waals surface area contributed by atoms with Crippen LogP contribution in [0.5, 0.6) is 0 Å².